The molecule has 1 aromatic carbocycles. The molecule has 24 heavy (non-hydrogen) atoms. The van der Waals surface area contributed by atoms with E-state index >= 15 is 0 Å². The summed E-state index contributed by atoms with van der Waals surface area (Å²) in [4.78, 5) is 16.7. The summed E-state index contributed by atoms with van der Waals surface area (Å²) in [5.74, 6) is 1.74. The molecule has 1 amide bonds. The molecule has 1 saturated heterocycles. The van der Waals surface area contributed by atoms with E-state index in [1.807, 2.05) is 13.1 Å². The highest BCUT2D eigenvalue weighted by molar-refractivity contribution is 5.89. The van der Waals surface area contributed by atoms with Crippen molar-refractivity contribution in [3.63, 3.8) is 0 Å². The van der Waals surface area contributed by atoms with E-state index in [1.165, 1.54) is 11.1 Å². The van der Waals surface area contributed by atoms with Gasteiger partial charge in [0.15, 0.2) is 5.82 Å². The Morgan fingerprint density at radius 1 is 1.38 bits per heavy atom. The number of hydrogen-bond donors (Lipinski definition) is 2. The van der Waals surface area contributed by atoms with Gasteiger partial charge in [-0.25, -0.2) is 4.68 Å². The topological polar surface area (TPSA) is 71.8 Å². The number of anilines is 1. The zero-order chi connectivity index (χ0) is 16.9. The molecular weight excluding hydrogens is 302 g/mol. The first-order valence-electron chi connectivity index (χ1n) is 8.59. The van der Waals surface area contributed by atoms with Crippen LogP contribution in [0.4, 0.5) is 5.95 Å². The van der Waals surface area contributed by atoms with Crippen LogP contribution in [-0.2, 0) is 18.3 Å². The molecule has 2 heterocycles. The first kappa shape index (κ1) is 16.6. The van der Waals surface area contributed by atoms with E-state index in [2.05, 4.69) is 45.8 Å². The lowest BCUT2D eigenvalue weighted by Crippen LogP contribution is -2.27. The lowest BCUT2D eigenvalue weighted by atomic mass is 9.98. The SMILES string of the molecule is Cc1cccc(CCC(=O)Nc2nc(C3CCNCC3)nn2C)c1. The highest BCUT2D eigenvalue weighted by Gasteiger charge is 2.21. The van der Waals surface area contributed by atoms with Crippen LogP contribution in [0, 0.1) is 6.92 Å². The van der Waals surface area contributed by atoms with Crippen molar-refractivity contribution >= 4 is 11.9 Å². The Labute approximate surface area is 142 Å². The number of carbonyl (C=O) groups excluding carboxylic acids is 1. The van der Waals surface area contributed by atoms with Gasteiger partial charge in [0.25, 0.3) is 0 Å². The Balaban J connectivity index is 1.57. The summed E-state index contributed by atoms with van der Waals surface area (Å²) in [5.41, 5.74) is 2.39. The monoisotopic (exact) mass is 327 g/mol. The summed E-state index contributed by atoms with van der Waals surface area (Å²) in [6, 6.07) is 8.25. The molecule has 0 saturated carbocycles. The lowest BCUT2D eigenvalue weighted by molar-refractivity contribution is -0.116. The van der Waals surface area contributed by atoms with E-state index < -0.39 is 0 Å². The number of hydrogen-bond acceptors (Lipinski definition) is 4. The maximum Gasteiger partial charge on any atom is 0.227 e. The normalized spacial score (nSPS) is 15.4. The van der Waals surface area contributed by atoms with Gasteiger partial charge in [-0.2, -0.15) is 10.1 Å². The van der Waals surface area contributed by atoms with Crippen LogP contribution in [0.15, 0.2) is 24.3 Å². The summed E-state index contributed by atoms with van der Waals surface area (Å²) >= 11 is 0. The molecule has 128 valence electrons. The third-order valence-electron chi connectivity index (χ3n) is 4.46. The number of nitrogens with one attached hydrogen (secondary N) is 2. The largest absolute Gasteiger partial charge is 0.317 e. The van der Waals surface area contributed by atoms with Crippen LogP contribution in [0.3, 0.4) is 0 Å². The molecule has 0 aliphatic carbocycles. The van der Waals surface area contributed by atoms with Crippen molar-refractivity contribution < 1.29 is 4.79 Å². The van der Waals surface area contributed by atoms with Crippen LogP contribution < -0.4 is 10.6 Å². The number of carbonyl (C=O) groups is 1. The van der Waals surface area contributed by atoms with Crippen LogP contribution in [0.1, 0.15) is 42.1 Å². The average molecular weight is 327 g/mol. The number of rotatable bonds is 5. The van der Waals surface area contributed by atoms with Crippen molar-refractivity contribution in [3.8, 4) is 0 Å². The summed E-state index contributed by atoms with van der Waals surface area (Å²) in [5, 5.41) is 10.7. The van der Waals surface area contributed by atoms with Crippen molar-refractivity contribution in [1.82, 2.24) is 20.1 Å². The molecule has 0 atom stereocenters. The number of amides is 1. The van der Waals surface area contributed by atoms with E-state index in [4.69, 9.17) is 0 Å². The molecule has 2 aromatic rings. The molecule has 6 heteroatoms. The Morgan fingerprint density at radius 2 is 2.17 bits per heavy atom. The van der Waals surface area contributed by atoms with Gasteiger partial charge in [0.05, 0.1) is 0 Å². The summed E-state index contributed by atoms with van der Waals surface area (Å²) in [6.07, 6.45) is 3.26. The Kier molecular flexibility index (Phi) is 5.25. The fourth-order valence-corrected chi connectivity index (χ4v) is 3.08. The Hall–Kier alpha value is -2.21. The molecule has 0 bridgehead atoms. The third-order valence-corrected chi connectivity index (χ3v) is 4.46. The third kappa shape index (κ3) is 4.20. The van der Waals surface area contributed by atoms with E-state index in [0.29, 0.717) is 18.3 Å². The van der Waals surface area contributed by atoms with E-state index in [1.54, 1.807) is 4.68 Å². The predicted octanol–water partition coefficient (Wildman–Crippen LogP) is 2.16. The van der Waals surface area contributed by atoms with Crippen LogP contribution in [0.2, 0.25) is 0 Å². The molecular formula is C18H25N5O. The number of piperidine rings is 1. The Bertz CT molecular complexity index is 703. The second-order valence-corrected chi connectivity index (χ2v) is 6.48. The molecule has 1 aliphatic heterocycles. The van der Waals surface area contributed by atoms with Crippen LogP contribution in [0.5, 0.6) is 0 Å². The van der Waals surface area contributed by atoms with Crippen molar-refractivity contribution in [1.29, 1.82) is 0 Å². The molecule has 0 spiro atoms. The van der Waals surface area contributed by atoms with Gasteiger partial charge in [0.1, 0.15) is 0 Å². The zero-order valence-corrected chi connectivity index (χ0v) is 14.4. The second-order valence-electron chi connectivity index (χ2n) is 6.48. The highest BCUT2D eigenvalue weighted by Crippen LogP contribution is 2.23. The summed E-state index contributed by atoms with van der Waals surface area (Å²) in [7, 11) is 1.83. The smallest absolute Gasteiger partial charge is 0.227 e. The van der Waals surface area contributed by atoms with Crippen molar-refractivity contribution in [2.45, 2.75) is 38.5 Å². The average Bonchev–Trinajstić information content (AvgIpc) is 2.95. The van der Waals surface area contributed by atoms with Gasteiger partial charge in [-0.1, -0.05) is 29.8 Å². The minimum Gasteiger partial charge on any atom is -0.317 e. The van der Waals surface area contributed by atoms with Gasteiger partial charge in [0, 0.05) is 19.4 Å². The molecule has 1 aromatic heterocycles. The maximum atomic E-state index is 12.2. The molecule has 3 rings (SSSR count). The number of aromatic nitrogens is 3. The molecule has 1 fully saturated rings. The van der Waals surface area contributed by atoms with Crippen LogP contribution in [-0.4, -0.2) is 33.8 Å². The van der Waals surface area contributed by atoms with E-state index in [-0.39, 0.29) is 5.91 Å². The van der Waals surface area contributed by atoms with Gasteiger partial charge >= 0.3 is 0 Å². The standard InChI is InChI=1S/C18H25N5O/c1-13-4-3-5-14(12-13)6-7-16(24)20-18-21-17(22-23(18)2)15-8-10-19-11-9-15/h3-5,12,15,19H,6-11H2,1-2H3,(H,20,21,22,24). The van der Waals surface area contributed by atoms with Crippen LogP contribution in [0.25, 0.3) is 0 Å². The minimum atomic E-state index is -0.0242. The quantitative estimate of drug-likeness (QED) is 0.883. The first-order valence-corrected chi connectivity index (χ1v) is 8.59. The molecule has 6 nitrogen and oxygen atoms in total. The lowest BCUT2D eigenvalue weighted by Gasteiger charge is -2.19. The van der Waals surface area contributed by atoms with Gasteiger partial charge in [0.2, 0.25) is 11.9 Å². The summed E-state index contributed by atoms with van der Waals surface area (Å²) < 4.78 is 1.67. The molecule has 2 N–H and O–H groups in total. The summed E-state index contributed by atoms with van der Waals surface area (Å²) in [6.45, 7) is 4.06. The maximum absolute atomic E-state index is 12.2. The highest BCUT2D eigenvalue weighted by atomic mass is 16.1. The van der Waals surface area contributed by atoms with Gasteiger partial charge < -0.3 is 5.32 Å². The molecule has 0 radical (unpaired) electrons. The molecule has 0 unspecified atom stereocenters. The second kappa shape index (κ2) is 7.57. The number of aryl methyl sites for hydroxylation is 3. The first-order chi connectivity index (χ1) is 11.6. The minimum absolute atomic E-state index is 0.0242. The van der Waals surface area contributed by atoms with E-state index in [0.717, 1.165) is 38.2 Å². The van der Waals surface area contributed by atoms with Gasteiger partial charge in [-0.3, -0.25) is 10.1 Å². The van der Waals surface area contributed by atoms with E-state index in [9.17, 15) is 4.79 Å². The van der Waals surface area contributed by atoms with Crippen molar-refractivity contribution in [3.05, 3.63) is 41.2 Å². The van der Waals surface area contributed by atoms with Gasteiger partial charge in [-0.15, -0.1) is 0 Å². The number of benzene rings is 1. The van der Waals surface area contributed by atoms with Crippen molar-refractivity contribution in [2.75, 3.05) is 18.4 Å². The van der Waals surface area contributed by atoms with Crippen LogP contribution >= 0.6 is 0 Å². The number of nitrogens with zero attached hydrogens (tertiary/aromatic N) is 3. The van der Waals surface area contributed by atoms with Gasteiger partial charge in [-0.05, 0) is 44.8 Å². The predicted molar refractivity (Wildman–Crippen MR) is 94.0 cm³/mol. The Morgan fingerprint density at radius 3 is 2.92 bits per heavy atom. The van der Waals surface area contributed by atoms with Crippen molar-refractivity contribution in [2.24, 2.45) is 7.05 Å². The zero-order valence-electron chi connectivity index (χ0n) is 14.4. The molecule has 1 aliphatic rings. The fraction of sp³-hybridized carbons (Fsp3) is 0.500. The fourth-order valence-electron chi connectivity index (χ4n) is 3.08.